The first-order valence-corrected chi connectivity index (χ1v) is 10.4. The first-order valence-electron chi connectivity index (χ1n) is 9.16. The van der Waals surface area contributed by atoms with Gasteiger partial charge in [0.05, 0.1) is 9.52 Å². The van der Waals surface area contributed by atoms with Crippen LogP contribution in [-0.4, -0.2) is 47.2 Å². The Hall–Kier alpha value is -2.66. The highest BCUT2D eigenvalue weighted by Gasteiger charge is 2.30. The molecule has 0 saturated carbocycles. The Morgan fingerprint density at radius 3 is 2.85 bits per heavy atom. The Kier molecular flexibility index (Phi) is 5.91. The van der Waals surface area contributed by atoms with Crippen molar-refractivity contribution in [1.29, 1.82) is 0 Å². The number of benzene rings is 2. The summed E-state index contributed by atoms with van der Waals surface area (Å²) in [4.78, 5) is 18.6. The average Bonchev–Trinajstić information content (AvgIpc) is 2.69. The number of likely N-dealkylation sites (N-methyl/N-ethyl adjacent to an activating group) is 1. The Labute approximate surface area is 163 Å². The highest BCUT2D eigenvalue weighted by atomic mass is 28.2. The molecular formula is C22H25N3OSi. The summed E-state index contributed by atoms with van der Waals surface area (Å²) in [7, 11) is 4.41. The molecule has 27 heavy (non-hydrogen) atoms. The third-order valence-electron chi connectivity index (χ3n) is 4.91. The molecule has 1 atom stereocenters. The van der Waals surface area contributed by atoms with E-state index in [4.69, 9.17) is 5.73 Å². The van der Waals surface area contributed by atoms with Crippen molar-refractivity contribution >= 4 is 32.4 Å². The lowest BCUT2D eigenvalue weighted by atomic mass is 9.83. The number of nitrogens with zero attached hydrogens (tertiary/aromatic N) is 2. The summed E-state index contributed by atoms with van der Waals surface area (Å²) in [5.74, 6) is 0.226. The van der Waals surface area contributed by atoms with Crippen molar-refractivity contribution in [3.8, 4) is 0 Å². The van der Waals surface area contributed by atoms with Gasteiger partial charge in [-0.1, -0.05) is 48.5 Å². The molecule has 0 aromatic heterocycles. The van der Waals surface area contributed by atoms with Crippen molar-refractivity contribution in [2.75, 3.05) is 20.6 Å². The minimum absolute atomic E-state index is 0.0711. The smallest absolute Gasteiger partial charge is 0.253 e. The molecule has 0 saturated heterocycles. The molecule has 0 bridgehead atoms. The summed E-state index contributed by atoms with van der Waals surface area (Å²) < 4.78 is 0. The summed E-state index contributed by atoms with van der Waals surface area (Å²) in [6.45, 7) is 2.88. The van der Waals surface area contributed by atoms with Crippen LogP contribution in [-0.2, 0) is 0 Å². The SMILES string of the molecule is CC[Si]c1cccc(C2CN(C)C(=O)c3ccc(C(C=NC)=CN)cc32)c1. The molecule has 5 heteroatoms. The lowest BCUT2D eigenvalue weighted by Crippen LogP contribution is -2.37. The van der Waals surface area contributed by atoms with Crippen LogP contribution in [0.4, 0.5) is 0 Å². The van der Waals surface area contributed by atoms with Crippen LogP contribution in [0.3, 0.4) is 0 Å². The third kappa shape index (κ3) is 3.88. The quantitative estimate of drug-likeness (QED) is 0.645. The lowest BCUT2D eigenvalue weighted by Gasteiger charge is -2.33. The molecule has 2 radical (unpaired) electrons. The van der Waals surface area contributed by atoms with E-state index in [0.717, 1.165) is 37.8 Å². The summed E-state index contributed by atoms with van der Waals surface area (Å²) in [5, 5.41) is 1.37. The van der Waals surface area contributed by atoms with Gasteiger partial charge >= 0.3 is 0 Å². The number of rotatable bonds is 5. The van der Waals surface area contributed by atoms with Crippen molar-refractivity contribution in [3.05, 3.63) is 70.9 Å². The van der Waals surface area contributed by atoms with Gasteiger partial charge in [-0.25, -0.2) is 0 Å². The maximum atomic E-state index is 12.7. The molecule has 3 rings (SSSR count). The van der Waals surface area contributed by atoms with E-state index >= 15 is 0 Å². The number of nitrogens with two attached hydrogens (primary N) is 1. The molecule has 2 N–H and O–H groups in total. The summed E-state index contributed by atoms with van der Waals surface area (Å²) in [6.07, 6.45) is 3.31. The zero-order valence-corrected chi connectivity index (χ0v) is 17.1. The van der Waals surface area contributed by atoms with Crippen molar-refractivity contribution < 1.29 is 4.79 Å². The molecule has 1 amide bonds. The monoisotopic (exact) mass is 375 g/mol. The molecule has 138 valence electrons. The Morgan fingerprint density at radius 1 is 1.33 bits per heavy atom. The number of hydrogen-bond acceptors (Lipinski definition) is 3. The fourth-order valence-electron chi connectivity index (χ4n) is 3.59. The molecule has 0 spiro atoms. The highest BCUT2D eigenvalue weighted by molar-refractivity contribution is 6.53. The largest absolute Gasteiger partial charge is 0.404 e. The van der Waals surface area contributed by atoms with Crippen LogP contribution in [0.5, 0.6) is 0 Å². The van der Waals surface area contributed by atoms with Gasteiger partial charge < -0.3 is 10.6 Å². The summed E-state index contributed by atoms with van der Waals surface area (Å²) in [6, 6.07) is 15.9. The number of carbonyl (C=O) groups excluding carboxylic acids is 1. The van der Waals surface area contributed by atoms with Gasteiger partial charge in [-0.3, -0.25) is 9.79 Å². The van der Waals surface area contributed by atoms with Crippen molar-refractivity contribution in [1.82, 2.24) is 4.90 Å². The molecule has 1 heterocycles. The molecule has 1 aliphatic rings. The van der Waals surface area contributed by atoms with Gasteiger partial charge in [0, 0.05) is 50.1 Å². The van der Waals surface area contributed by atoms with Gasteiger partial charge in [0.2, 0.25) is 0 Å². The minimum atomic E-state index is 0.0711. The zero-order valence-electron chi connectivity index (χ0n) is 16.1. The number of amides is 1. The molecule has 1 aliphatic heterocycles. The number of hydrogen-bond donors (Lipinski definition) is 1. The second-order valence-corrected chi connectivity index (χ2v) is 8.34. The van der Waals surface area contributed by atoms with Crippen LogP contribution in [0.2, 0.25) is 6.04 Å². The maximum absolute atomic E-state index is 12.7. The maximum Gasteiger partial charge on any atom is 0.253 e. The first kappa shape index (κ1) is 19.1. The van der Waals surface area contributed by atoms with Gasteiger partial charge in [0.15, 0.2) is 0 Å². The Morgan fingerprint density at radius 2 is 2.15 bits per heavy atom. The molecule has 1 unspecified atom stereocenters. The second-order valence-electron chi connectivity index (χ2n) is 6.71. The number of carbonyl (C=O) groups is 1. The first-order chi connectivity index (χ1) is 13.1. The van der Waals surface area contributed by atoms with E-state index in [-0.39, 0.29) is 11.8 Å². The third-order valence-corrected chi connectivity index (χ3v) is 5.98. The summed E-state index contributed by atoms with van der Waals surface area (Å²) in [5.41, 5.74) is 10.7. The van der Waals surface area contributed by atoms with Gasteiger partial charge in [0.1, 0.15) is 0 Å². The van der Waals surface area contributed by atoms with E-state index < -0.39 is 0 Å². The van der Waals surface area contributed by atoms with Crippen molar-refractivity contribution in [2.45, 2.75) is 18.9 Å². The molecule has 2 aromatic rings. The van der Waals surface area contributed by atoms with E-state index in [0.29, 0.717) is 6.54 Å². The fraction of sp³-hybridized carbons (Fsp3) is 0.273. The van der Waals surface area contributed by atoms with Gasteiger partial charge in [-0.15, -0.1) is 0 Å². The Balaban J connectivity index is 2.11. The van der Waals surface area contributed by atoms with Crippen LogP contribution >= 0.6 is 0 Å². The standard InChI is InChI=1S/C22H25N3OSi/c1-4-27-18-7-5-6-16(10-18)21-14-25(3)22(26)19-9-8-15(11-20(19)21)17(12-23)13-24-2/h5-13,21H,4,14,23H2,1-3H3. The topological polar surface area (TPSA) is 58.7 Å². The zero-order chi connectivity index (χ0) is 19.4. The van der Waals surface area contributed by atoms with E-state index in [1.165, 1.54) is 10.8 Å². The van der Waals surface area contributed by atoms with E-state index in [1.807, 2.05) is 24.1 Å². The van der Waals surface area contributed by atoms with Crippen LogP contribution in [0.25, 0.3) is 5.57 Å². The molecular weight excluding hydrogens is 350 g/mol. The second kappa shape index (κ2) is 8.35. The summed E-state index contributed by atoms with van der Waals surface area (Å²) >= 11 is 0. The molecule has 2 aromatic carbocycles. The van der Waals surface area contributed by atoms with Crippen molar-refractivity contribution in [2.24, 2.45) is 10.7 Å². The van der Waals surface area contributed by atoms with Crippen LogP contribution < -0.4 is 10.9 Å². The fourth-order valence-corrected chi connectivity index (χ4v) is 4.48. The van der Waals surface area contributed by atoms with Crippen LogP contribution in [0.15, 0.2) is 53.7 Å². The van der Waals surface area contributed by atoms with E-state index in [1.54, 1.807) is 19.5 Å². The van der Waals surface area contributed by atoms with Crippen LogP contribution in [0, 0.1) is 0 Å². The Bertz CT molecular complexity index is 904. The van der Waals surface area contributed by atoms with Crippen LogP contribution in [0.1, 0.15) is 39.9 Å². The lowest BCUT2D eigenvalue weighted by molar-refractivity contribution is 0.0772. The number of allylic oxidation sites excluding steroid dienone is 1. The number of fused-ring (bicyclic) bond motifs is 1. The van der Waals surface area contributed by atoms with Gasteiger partial charge in [-0.2, -0.15) is 0 Å². The predicted molar refractivity (Wildman–Crippen MR) is 114 cm³/mol. The van der Waals surface area contributed by atoms with E-state index in [2.05, 4.69) is 42.2 Å². The number of aliphatic imine (C=N–C) groups is 1. The highest BCUT2D eigenvalue weighted by Crippen LogP contribution is 2.34. The average molecular weight is 376 g/mol. The molecule has 4 nitrogen and oxygen atoms in total. The minimum Gasteiger partial charge on any atom is -0.404 e. The van der Waals surface area contributed by atoms with Gasteiger partial charge in [-0.05, 0) is 28.8 Å². The van der Waals surface area contributed by atoms with E-state index in [9.17, 15) is 4.79 Å². The van der Waals surface area contributed by atoms with Gasteiger partial charge in [0.25, 0.3) is 5.91 Å². The molecule has 0 fully saturated rings. The molecule has 0 aliphatic carbocycles. The predicted octanol–water partition coefficient (Wildman–Crippen LogP) is 2.67. The van der Waals surface area contributed by atoms with Crippen molar-refractivity contribution in [3.63, 3.8) is 0 Å². The normalized spacial score (nSPS) is 17.4.